The van der Waals surface area contributed by atoms with Crippen molar-refractivity contribution in [3.8, 4) is 0 Å². The van der Waals surface area contributed by atoms with Crippen LogP contribution in [0.5, 0.6) is 0 Å². The van der Waals surface area contributed by atoms with Gasteiger partial charge in [-0.3, -0.25) is 14.5 Å². The molecule has 0 amide bonds. The Morgan fingerprint density at radius 2 is 1.95 bits per heavy atom. The Morgan fingerprint density at radius 3 is 2.45 bits per heavy atom. The number of aromatic nitrogens is 3. The number of aryl methyl sites for hydroxylation is 2. The first-order valence-corrected chi connectivity index (χ1v) is 5.79. The monoisotopic (exact) mass is 283 g/mol. The Morgan fingerprint density at radius 1 is 1.30 bits per heavy atom. The van der Waals surface area contributed by atoms with Gasteiger partial charge in [0.2, 0.25) is 0 Å². The molecule has 106 valence electrons. The van der Waals surface area contributed by atoms with E-state index in [4.69, 9.17) is 0 Å². The van der Waals surface area contributed by atoms with Crippen molar-refractivity contribution < 1.29 is 18.0 Å². The first-order chi connectivity index (χ1) is 9.23. The number of nitrogens with zero attached hydrogens (tertiary/aromatic N) is 3. The predicted molar refractivity (Wildman–Crippen MR) is 65.4 cm³/mol. The summed E-state index contributed by atoms with van der Waals surface area (Å²) in [7, 11) is 1.63. The fourth-order valence-electron chi connectivity index (χ4n) is 2.06. The molecule has 0 saturated carbocycles. The van der Waals surface area contributed by atoms with Crippen LogP contribution < -0.4 is 0 Å². The zero-order valence-electron chi connectivity index (χ0n) is 11.1. The molecule has 0 radical (unpaired) electrons. The maximum atomic E-state index is 12.9. The van der Waals surface area contributed by atoms with Crippen LogP contribution in [0.2, 0.25) is 0 Å². The summed E-state index contributed by atoms with van der Waals surface area (Å²) in [5.74, 6) is -0.714. The molecular weight excluding hydrogens is 271 g/mol. The lowest BCUT2D eigenvalue weighted by atomic mass is 9.99. The lowest BCUT2D eigenvalue weighted by Gasteiger charge is -2.11. The van der Waals surface area contributed by atoms with E-state index in [2.05, 4.69) is 10.1 Å². The molecule has 2 aromatic rings. The highest BCUT2D eigenvalue weighted by atomic mass is 19.4. The van der Waals surface area contributed by atoms with Gasteiger partial charge in [0.25, 0.3) is 0 Å². The molecule has 0 fully saturated rings. The molecule has 0 aromatic carbocycles. The van der Waals surface area contributed by atoms with Crippen LogP contribution in [0, 0.1) is 13.8 Å². The van der Waals surface area contributed by atoms with Crippen LogP contribution >= 0.6 is 0 Å². The standard InChI is InChI=1S/C13H12F3N3O/c1-7-11(8(2)19(3)18-7)12(20)9-6-17-5-4-10(9)13(14,15)16/h4-6H,1-3H3. The molecule has 0 unspecified atom stereocenters. The minimum absolute atomic E-state index is 0.186. The molecule has 0 saturated heterocycles. The van der Waals surface area contributed by atoms with E-state index < -0.39 is 23.1 Å². The fraction of sp³-hybridized carbons (Fsp3) is 0.308. The maximum Gasteiger partial charge on any atom is 0.417 e. The van der Waals surface area contributed by atoms with E-state index in [1.165, 1.54) is 4.68 Å². The molecule has 0 aliphatic rings. The Hall–Kier alpha value is -2.18. The summed E-state index contributed by atoms with van der Waals surface area (Å²) in [6, 6.07) is 0.800. The van der Waals surface area contributed by atoms with Gasteiger partial charge in [0, 0.05) is 25.1 Å². The molecule has 2 aromatic heterocycles. The summed E-state index contributed by atoms with van der Waals surface area (Å²) in [5.41, 5.74) is -0.346. The lowest BCUT2D eigenvalue weighted by molar-refractivity contribution is -0.137. The molecule has 0 aliphatic heterocycles. The van der Waals surface area contributed by atoms with Gasteiger partial charge in [-0.1, -0.05) is 0 Å². The smallest absolute Gasteiger partial charge is 0.288 e. The van der Waals surface area contributed by atoms with E-state index in [0.717, 1.165) is 18.5 Å². The average molecular weight is 283 g/mol. The molecule has 0 aliphatic carbocycles. The van der Waals surface area contributed by atoms with Crippen molar-refractivity contribution in [2.75, 3.05) is 0 Å². The normalized spacial score (nSPS) is 11.7. The number of halogens is 3. The second-order valence-corrected chi connectivity index (χ2v) is 4.42. The number of alkyl halides is 3. The quantitative estimate of drug-likeness (QED) is 0.796. The fourth-order valence-corrected chi connectivity index (χ4v) is 2.06. The van der Waals surface area contributed by atoms with Crippen molar-refractivity contribution in [2.24, 2.45) is 7.05 Å². The molecule has 0 atom stereocenters. The molecule has 0 bridgehead atoms. The molecule has 4 nitrogen and oxygen atoms in total. The lowest BCUT2D eigenvalue weighted by Crippen LogP contribution is -2.15. The van der Waals surface area contributed by atoms with Crippen LogP contribution in [0.3, 0.4) is 0 Å². The molecule has 2 rings (SSSR count). The van der Waals surface area contributed by atoms with Crippen LogP contribution in [0.1, 0.15) is 32.9 Å². The maximum absolute atomic E-state index is 12.9. The minimum Gasteiger partial charge on any atom is -0.288 e. The van der Waals surface area contributed by atoms with Gasteiger partial charge in [-0.2, -0.15) is 18.3 Å². The van der Waals surface area contributed by atoms with Crippen LogP contribution in [-0.2, 0) is 13.2 Å². The summed E-state index contributed by atoms with van der Waals surface area (Å²) in [4.78, 5) is 16.0. The van der Waals surface area contributed by atoms with Gasteiger partial charge in [-0.25, -0.2) is 0 Å². The van der Waals surface area contributed by atoms with Crippen molar-refractivity contribution in [2.45, 2.75) is 20.0 Å². The number of carbonyl (C=O) groups is 1. The first kappa shape index (κ1) is 14.2. The van der Waals surface area contributed by atoms with Gasteiger partial charge >= 0.3 is 6.18 Å². The van der Waals surface area contributed by atoms with Crippen molar-refractivity contribution >= 4 is 5.78 Å². The van der Waals surface area contributed by atoms with Gasteiger partial charge in [0.15, 0.2) is 5.78 Å². The third-order valence-corrected chi connectivity index (χ3v) is 3.11. The topological polar surface area (TPSA) is 47.8 Å². The van der Waals surface area contributed by atoms with Crippen molar-refractivity contribution in [3.05, 3.63) is 46.5 Å². The van der Waals surface area contributed by atoms with Crippen molar-refractivity contribution in [1.29, 1.82) is 0 Å². The SMILES string of the molecule is Cc1nn(C)c(C)c1C(=O)c1cnccc1C(F)(F)F. The number of ketones is 1. The Kier molecular flexibility index (Phi) is 3.37. The number of hydrogen-bond acceptors (Lipinski definition) is 3. The zero-order valence-corrected chi connectivity index (χ0v) is 11.1. The predicted octanol–water partition coefficient (Wildman–Crippen LogP) is 2.68. The van der Waals surface area contributed by atoms with Gasteiger partial charge < -0.3 is 0 Å². The number of carbonyl (C=O) groups excluding carboxylic acids is 1. The molecule has 0 spiro atoms. The Balaban J connectivity index is 2.61. The second-order valence-electron chi connectivity index (χ2n) is 4.42. The molecular formula is C13H12F3N3O. The summed E-state index contributed by atoms with van der Waals surface area (Å²) in [6.45, 7) is 3.22. The van der Waals surface area contributed by atoms with Gasteiger partial charge in [-0.15, -0.1) is 0 Å². The van der Waals surface area contributed by atoms with Crippen LogP contribution in [-0.4, -0.2) is 20.5 Å². The molecule has 7 heteroatoms. The Bertz CT molecular complexity index is 674. The highest BCUT2D eigenvalue weighted by Crippen LogP contribution is 2.33. The van der Waals surface area contributed by atoms with Crippen LogP contribution in [0.15, 0.2) is 18.5 Å². The average Bonchev–Trinajstić information content (AvgIpc) is 2.61. The van der Waals surface area contributed by atoms with E-state index in [-0.39, 0.29) is 5.56 Å². The minimum atomic E-state index is -4.60. The first-order valence-electron chi connectivity index (χ1n) is 5.79. The third-order valence-electron chi connectivity index (χ3n) is 3.11. The Labute approximate surface area is 113 Å². The van der Waals surface area contributed by atoms with E-state index in [9.17, 15) is 18.0 Å². The molecule has 2 heterocycles. The summed E-state index contributed by atoms with van der Waals surface area (Å²) in [6.07, 6.45) is -2.64. The van der Waals surface area contributed by atoms with Crippen LogP contribution in [0.4, 0.5) is 13.2 Å². The summed E-state index contributed by atoms with van der Waals surface area (Å²) in [5, 5.41) is 4.04. The summed E-state index contributed by atoms with van der Waals surface area (Å²) >= 11 is 0. The van der Waals surface area contributed by atoms with Gasteiger partial charge in [0.05, 0.1) is 22.4 Å². The largest absolute Gasteiger partial charge is 0.417 e. The van der Waals surface area contributed by atoms with E-state index in [1.807, 2.05) is 0 Å². The zero-order chi connectivity index (χ0) is 15.1. The van der Waals surface area contributed by atoms with Gasteiger partial charge in [-0.05, 0) is 19.9 Å². The summed E-state index contributed by atoms with van der Waals surface area (Å²) < 4.78 is 40.3. The van der Waals surface area contributed by atoms with Crippen molar-refractivity contribution in [3.63, 3.8) is 0 Å². The van der Waals surface area contributed by atoms with E-state index >= 15 is 0 Å². The highest BCUT2D eigenvalue weighted by molar-refractivity contribution is 6.11. The number of rotatable bonds is 2. The molecule has 20 heavy (non-hydrogen) atoms. The number of pyridine rings is 1. The molecule has 0 N–H and O–H groups in total. The second kappa shape index (κ2) is 4.73. The van der Waals surface area contributed by atoms with E-state index in [0.29, 0.717) is 11.4 Å². The van der Waals surface area contributed by atoms with Gasteiger partial charge in [0.1, 0.15) is 0 Å². The van der Waals surface area contributed by atoms with E-state index in [1.54, 1.807) is 20.9 Å². The van der Waals surface area contributed by atoms with Crippen LogP contribution in [0.25, 0.3) is 0 Å². The third kappa shape index (κ3) is 2.31. The highest BCUT2D eigenvalue weighted by Gasteiger charge is 2.36. The van der Waals surface area contributed by atoms with Crippen molar-refractivity contribution in [1.82, 2.24) is 14.8 Å². The number of hydrogen-bond donors (Lipinski definition) is 0.